The third-order valence-corrected chi connectivity index (χ3v) is 5.96. The van der Waals surface area contributed by atoms with Crippen LogP contribution in [0.3, 0.4) is 0 Å². The van der Waals surface area contributed by atoms with Gasteiger partial charge in [0.15, 0.2) is 23.0 Å². The van der Waals surface area contributed by atoms with Gasteiger partial charge in [0.25, 0.3) is 5.91 Å². The average Bonchev–Trinajstić information content (AvgIpc) is 2.82. The second-order valence-corrected chi connectivity index (χ2v) is 7.79. The number of fused-ring (bicyclic) bond motifs is 2. The van der Waals surface area contributed by atoms with Crippen LogP contribution >= 0.6 is 0 Å². The fourth-order valence-corrected chi connectivity index (χ4v) is 4.31. The van der Waals surface area contributed by atoms with Crippen molar-refractivity contribution in [3.05, 3.63) is 47.5 Å². The van der Waals surface area contributed by atoms with Gasteiger partial charge in [0.2, 0.25) is 6.10 Å². The quantitative estimate of drug-likeness (QED) is 0.660. The van der Waals surface area contributed by atoms with Gasteiger partial charge in [0, 0.05) is 6.54 Å². The Morgan fingerprint density at radius 3 is 2.34 bits per heavy atom. The van der Waals surface area contributed by atoms with E-state index in [2.05, 4.69) is 0 Å². The van der Waals surface area contributed by atoms with E-state index in [1.54, 1.807) is 32.1 Å². The molecule has 0 aliphatic carbocycles. The molecule has 170 valence electrons. The monoisotopic (exact) mass is 441 g/mol. The normalized spacial score (nSPS) is 21.4. The van der Waals surface area contributed by atoms with Crippen molar-refractivity contribution in [3.8, 4) is 23.0 Å². The van der Waals surface area contributed by atoms with E-state index in [1.807, 2.05) is 30.3 Å². The first kappa shape index (κ1) is 21.8. The molecule has 0 spiro atoms. The lowest BCUT2D eigenvalue weighted by atomic mass is 9.89. The molecule has 0 aromatic heterocycles. The molecule has 2 aliphatic heterocycles. The van der Waals surface area contributed by atoms with Crippen LogP contribution in [0.15, 0.2) is 36.4 Å². The van der Waals surface area contributed by atoms with Crippen LogP contribution in [-0.2, 0) is 20.7 Å². The predicted molar refractivity (Wildman–Crippen MR) is 115 cm³/mol. The highest BCUT2D eigenvalue weighted by atomic mass is 16.6. The number of hydrogen-bond acceptors (Lipinski definition) is 7. The van der Waals surface area contributed by atoms with Crippen LogP contribution in [0.2, 0.25) is 0 Å². The zero-order valence-electron chi connectivity index (χ0n) is 18.6. The number of ether oxygens (including phenoxy) is 5. The molecule has 0 saturated heterocycles. The number of nitrogens with zero attached hydrogens (tertiary/aromatic N) is 1. The van der Waals surface area contributed by atoms with Gasteiger partial charge in [0.1, 0.15) is 6.10 Å². The van der Waals surface area contributed by atoms with E-state index in [0.29, 0.717) is 36.0 Å². The van der Waals surface area contributed by atoms with Crippen LogP contribution in [-0.4, -0.2) is 56.9 Å². The molecule has 2 aromatic rings. The third kappa shape index (κ3) is 3.92. The van der Waals surface area contributed by atoms with Crippen LogP contribution in [0.5, 0.6) is 23.0 Å². The first-order chi connectivity index (χ1) is 15.5. The molecule has 3 unspecified atom stereocenters. The Morgan fingerprint density at radius 2 is 1.69 bits per heavy atom. The van der Waals surface area contributed by atoms with Gasteiger partial charge in [0.05, 0.1) is 33.8 Å². The summed E-state index contributed by atoms with van der Waals surface area (Å²) in [6.45, 7) is 2.23. The minimum atomic E-state index is -0.827. The molecule has 0 bridgehead atoms. The molecule has 1 amide bonds. The van der Waals surface area contributed by atoms with E-state index >= 15 is 0 Å². The van der Waals surface area contributed by atoms with Crippen LogP contribution in [0.4, 0.5) is 0 Å². The van der Waals surface area contributed by atoms with Gasteiger partial charge in [-0.15, -0.1) is 0 Å². The number of amides is 1. The van der Waals surface area contributed by atoms with Gasteiger partial charge in [-0.05, 0) is 48.7 Å². The van der Waals surface area contributed by atoms with Crippen molar-refractivity contribution in [3.63, 3.8) is 0 Å². The highest BCUT2D eigenvalue weighted by molar-refractivity contribution is 5.84. The minimum absolute atomic E-state index is 0.0171. The summed E-state index contributed by atoms with van der Waals surface area (Å²) in [7, 11) is 4.47. The molecule has 2 aliphatic rings. The topological polar surface area (TPSA) is 83.5 Å². The number of rotatable bonds is 5. The molecule has 0 saturated carbocycles. The Hall–Kier alpha value is -3.42. The number of methoxy groups -OCH3 is 3. The number of para-hydroxylation sites is 2. The number of hydrogen-bond donors (Lipinski definition) is 0. The number of carbonyl (C=O) groups is 2. The van der Waals surface area contributed by atoms with Crippen LogP contribution < -0.4 is 18.9 Å². The van der Waals surface area contributed by atoms with E-state index in [0.717, 1.165) is 11.1 Å². The summed E-state index contributed by atoms with van der Waals surface area (Å²) in [5, 5.41) is 0. The minimum Gasteiger partial charge on any atom is -0.493 e. The Bertz CT molecular complexity index is 1020. The molecule has 2 aromatic carbocycles. The standard InChI is InChI=1S/C24H27NO7/c1-14-23(32-19-8-6-5-7-18(19)31-14)24(27)25-10-9-15-11-20(28-2)21(29-3)12-16(15)17(25)13-22(26)30-4/h5-8,11-12,14,17,23H,9-10,13H2,1-4H3. The Balaban J connectivity index is 1.68. The van der Waals surface area contributed by atoms with Gasteiger partial charge < -0.3 is 28.6 Å². The Kier molecular flexibility index (Phi) is 6.12. The fraction of sp³-hybridized carbons (Fsp3) is 0.417. The maximum Gasteiger partial charge on any atom is 0.307 e. The molecule has 2 heterocycles. The second kappa shape index (κ2) is 8.98. The van der Waals surface area contributed by atoms with E-state index in [9.17, 15) is 9.59 Å². The van der Waals surface area contributed by atoms with Crippen LogP contribution in [0.1, 0.15) is 30.5 Å². The van der Waals surface area contributed by atoms with E-state index in [4.69, 9.17) is 23.7 Å². The summed E-state index contributed by atoms with van der Waals surface area (Å²) in [5.74, 6) is 1.64. The third-order valence-electron chi connectivity index (χ3n) is 5.96. The van der Waals surface area contributed by atoms with Crippen LogP contribution in [0, 0.1) is 0 Å². The molecule has 0 fully saturated rings. The highest BCUT2D eigenvalue weighted by Gasteiger charge is 2.42. The number of benzene rings is 2. The zero-order valence-corrected chi connectivity index (χ0v) is 18.6. The summed E-state index contributed by atoms with van der Waals surface area (Å²) in [4.78, 5) is 27.6. The predicted octanol–water partition coefficient (Wildman–Crippen LogP) is 2.92. The first-order valence-corrected chi connectivity index (χ1v) is 10.5. The van der Waals surface area contributed by atoms with Crippen molar-refractivity contribution in [1.82, 2.24) is 4.90 Å². The molecule has 32 heavy (non-hydrogen) atoms. The highest BCUT2D eigenvalue weighted by Crippen LogP contribution is 2.41. The van der Waals surface area contributed by atoms with Gasteiger partial charge >= 0.3 is 5.97 Å². The Labute approximate surface area is 187 Å². The lowest BCUT2D eigenvalue weighted by molar-refractivity contribution is -0.150. The average molecular weight is 441 g/mol. The van der Waals surface area contributed by atoms with Crippen molar-refractivity contribution < 1.29 is 33.3 Å². The van der Waals surface area contributed by atoms with Gasteiger partial charge in [-0.2, -0.15) is 0 Å². The fourth-order valence-electron chi connectivity index (χ4n) is 4.31. The molecular weight excluding hydrogens is 414 g/mol. The Morgan fingerprint density at radius 1 is 1.03 bits per heavy atom. The van der Waals surface area contributed by atoms with Gasteiger partial charge in [-0.1, -0.05) is 12.1 Å². The summed E-state index contributed by atoms with van der Waals surface area (Å²) in [5.41, 5.74) is 1.83. The lowest BCUT2D eigenvalue weighted by Gasteiger charge is -2.41. The summed E-state index contributed by atoms with van der Waals surface area (Å²) in [6.07, 6.45) is -0.685. The molecule has 8 heteroatoms. The second-order valence-electron chi connectivity index (χ2n) is 7.79. The van der Waals surface area contributed by atoms with Crippen LogP contribution in [0.25, 0.3) is 0 Å². The number of carbonyl (C=O) groups excluding carboxylic acids is 2. The van der Waals surface area contributed by atoms with Crippen molar-refractivity contribution in [2.75, 3.05) is 27.9 Å². The molecular formula is C24H27NO7. The summed E-state index contributed by atoms with van der Waals surface area (Å²) < 4.78 is 27.8. The lowest BCUT2D eigenvalue weighted by Crippen LogP contribution is -2.53. The SMILES string of the molecule is COC(=O)CC1c2cc(OC)c(OC)cc2CCN1C(=O)C1Oc2ccccc2OC1C. The molecule has 0 N–H and O–H groups in total. The maximum atomic E-state index is 13.7. The van der Waals surface area contributed by atoms with Gasteiger partial charge in [-0.25, -0.2) is 0 Å². The first-order valence-electron chi connectivity index (χ1n) is 10.5. The van der Waals surface area contributed by atoms with E-state index in [1.165, 1.54) is 7.11 Å². The molecule has 4 rings (SSSR count). The molecule has 3 atom stereocenters. The van der Waals surface area contributed by atoms with Crippen molar-refractivity contribution in [2.45, 2.75) is 38.0 Å². The van der Waals surface area contributed by atoms with E-state index < -0.39 is 24.2 Å². The smallest absolute Gasteiger partial charge is 0.307 e. The van der Waals surface area contributed by atoms with E-state index in [-0.39, 0.29) is 12.3 Å². The maximum absolute atomic E-state index is 13.7. The number of esters is 1. The van der Waals surface area contributed by atoms with Crippen molar-refractivity contribution >= 4 is 11.9 Å². The summed E-state index contributed by atoms with van der Waals surface area (Å²) >= 11 is 0. The van der Waals surface area contributed by atoms with Crippen molar-refractivity contribution in [2.24, 2.45) is 0 Å². The molecule has 8 nitrogen and oxygen atoms in total. The summed E-state index contributed by atoms with van der Waals surface area (Å²) in [6, 6.07) is 10.5. The zero-order chi connectivity index (χ0) is 22.8. The largest absolute Gasteiger partial charge is 0.493 e. The molecule has 0 radical (unpaired) electrons. The van der Waals surface area contributed by atoms with Crippen molar-refractivity contribution in [1.29, 1.82) is 0 Å². The van der Waals surface area contributed by atoms with Gasteiger partial charge in [-0.3, -0.25) is 9.59 Å².